The molecule has 100 valence electrons. The van der Waals surface area contributed by atoms with Crippen LogP contribution in [0.2, 0.25) is 0 Å². The van der Waals surface area contributed by atoms with Gasteiger partial charge in [0.05, 0.1) is 6.10 Å². The summed E-state index contributed by atoms with van der Waals surface area (Å²) in [6, 6.07) is 0.717. The summed E-state index contributed by atoms with van der Waals surface area (Å²) in [6.45, 7) is 10.3. The van der Waals surface area contributed by atoms with Gasteiger partial charge >= 0.3 is 0 Å². The van der Waals surface area contributed by atoms with Gasteiger partial charge in [0.2, 0.25) is 0 Å². The summed E-state index contributed by atoms with van der Waals surface area (Å²) >= 11 is 0. The third-order valence-corrected chi connectivity index (χ3v) is 3.93. The second kappa shape index (κ2) is 6.72. The summed E-state index contributed by atoms with van der Waals surface area (Å²) in [4.78, 5) is 2.66. The number of piperazine rings is 1. The molecule has 0 aromatic rings. The van der Waals surface area contributed by atoms with Gasteiger partial charge in [0.25, 0.3) is 0 Å². The minimum atomic E-state index is 0.497. The van der Waals surface area contributed by atoms with Crippen molar-refractivity contribution < 1.29 is 4.74 Å². The van der Waals surface area contributed by atoms with Crippen molar-refractivity contribution in [1.82, 2.24) is 10.2 Å². The highest BCUT2D eigenvalue weighted by molar-refractivity contribution is 4.83. The molecule has 0 aromatic carbocycles. The Bertz CT molecular complexity index is 214. The Morgan fingerprint density at radius 2 is 2.24 bits per heavy atom. The molecule has 0 aromatic heterocycles. The van der Waals surface area contributed by atoms with Crippen molar-refractivity contribution in [2.75, 3.05) is 32.8 Å². The van der Waals surface area contributed by atoms with E-state index in [0.717, 1.165) is 32.2 Å². The van der Waals surface area contributed by atoms with Crippen LogP contribution in [0.15, 0.2) is 0 Å². The Hall–Kier alpha value is -0.120. The van der Waals surface area contributed by atoms with Crippen molar-refractivity contribution in [3.05, 3.63) is 0 Å². The van der Waals surface area contributed by atoms with Gasteiger partial charge in [-0.15, -0.1) is 0 Å². The van der Waals surface area contributed by atoms with Crippen molar-refractivity contribution >= 4 is 0 Å². The van der Waals surface area contributed by atoms with E-state index >= 15 is 0 Å². The summed E-state index contributed by atoms with van der Waals surface area (Å²) in [5.41, 5.74) is 0. The van der Waals surface area contributed by atoms with Gasteiger partial charge in [0.15, 0.2) is 0 Å². The maximum Gasteiger partial charge on any atom is 0.0702 e. The van der Waals surface area contributed by atoms with Crippen molar-refractivity contribution in [1.29, 1.82) is 0 Å². The lowest BCUT2D eigenvalue weighted by Crippen LogP contribution is -2.54. The van der Waals surface area contributed by atoms with Crippen LogP contribution < -0.4 is 5.32 Å². The average molecular weight is 240 g/mol. The van der Waals surface area contributed by atoms with Crippen LogP contribution in [-0.4, -0.2) is 49.8 Å². The highest BCUT2D eigenvalue weighted by Gasteiger charge is 2.26. The minimum absolute atomic E-state index is 0.497. The number of nitrogens with one attached hydrogen (secondary N) is 1. The van der Waals surface area contributed by atoms with Crippen LogP contribution in [0.25, 0.3) is 0 Å². The number of hydrogen-bond acceptors (Lipinski definition) is 3. The van der Waals surface area contributed by atoms with Crippen molar-refractivity contribution in [3.8, 4) is 0 Å². The highest BCUT2D eigenvalue weighted by Crippen LogP contribution is 2.18. The van der Waals surface area contributed by atoms with E-state index in [2.05, 4.69) is 24.1 Å². The number of ether oxygens (including phenoxy) is 1. The van der Waals surface area contributed by atoms with Crippen LogP contribution in [-0.2, 0) is 4.74 Å². The smallest absolute Gasteiger partial charge is 0.0702 e. The lowest BCUT2D eigenvalue weighted by atomic mass is 9.99. The van der Waals surface area contributed by atoms with Gasteiger partial charge in [-0.1, -0.05) is 13.8 Å². The normalized spacial score (nSPS) is 31.9. The fourth-order valence-corrected chi connectivity index (χ4v) is 3.03. The topological polar surface area (TPSA) is 24.5 Å². The van der Waals surface area contributed by atoms with Crippen LogP contribution >= 0.6 is 0 Å². The fraction of sp³-hybridized carbons (Fsp3) is 1.00. The molecule has 0 amide bonds. The minimum Gasteiger partial charge on any atom is -0.377 e. The summed E-state index contributed by atoms with van der Waals surface area (Å²) in [7, 11) is 0. The fourth-order valence-electron chi connectivity index (χ4n) is 3.03. The number of hydrogen-bond donors (Lipinski definition) is 1. The van der Waals surface area contributed by atoms with E-state index in [4.69, 9.17) is 4.74 Å². The van der Waals surface area contributed by atoms with Gasteiger partial charge in [-0.2, -0.15) is 0 Å². The lowest BCUT2D eigenvalue weighted by molar-refractivity contribution is -0.0191. The zero-order chi connectivity index (χ0) is 12.1. The lowest BCUT2D eigenvalue weighted by Gasteiger charge is -2.39. The van der Waals surface area contributed by atoms with Crippen LogP contribution in [0.1, 0.15) is 39.5 Å². The summed E-state index contributed by atoms with van der Waals surface area (Å²) in [5.74, 6) is 0.787. The predicted molar refractivity (Wildman–Crippen MR) is 71.3 cm³/mol. The largest absolute Gasteiger partial charge is 0.377 e. The predicted octanol–water partition coefficient (Wildman–Crippen LogP) is 1.88. The zero-order valence-electron chi connectivity index (χ0n) is 11.5. The molecule has 0 aliphatic carbocycles. The first-order chi connectivity index (χ1) is 8.25. The standard InChI is InChI=1S/C14H28N2O/c1-12(2)9-13-10-15-6-7-16(13)11-14-5-3-4-8-17-14/h12-15H,3-11H2,1-2H3. The monoisotopic (exact) mass is 240 g/mol. The number of rotatable bonds is 4. The average Bonchev–Trinajstić information content (AvgIpc) is 2.32. The molecule has 17 heavy (non-hydrogen) atoms. The molecular formula is C14H28N2O. The van der Waals surface area contributed by atoms with Gasteiger partial charge in [-0.3, -0.25) is 4.90 Å². The van der Waals surface area contributed by atoms with Gasteiger partial charge in [-0.05, 0) is 31.6 Å². The third-order valence-electron chi connectivity index (χ3n) is 3.93. The Labute approximate surface area is 106 Å². The van der Waals surface area contributed by atoms with Crippen molar-refractivity contribution in [3.63, 3.8) is 0 Å². The van der Waals surface area contributed by atoms with E-state index in [1.807, 2.05) is 0 Å². The van der Waals surface area contributed by atoms with Crippen molar-refractivity contribution in [2.24, 2.45) is 5.92 Å². The zero-order valence-corrected chi connectivity index (χ0v) is 11.5. The molecule has 2 unspecified atom stereocenters. The Kier molecular flexibility index (Phi) is 5.26. The van der Waals surface area contributed by atoms with Gasteiger partial charge < -0.3 is 10.1 Å². The molecule has 2 heterocycles. The SMILES string of the molecule is CC(C)CC1CNCCN1CC1CCCCO1. The van der Waals surface area contributed by atoms with E-state index in [-0.39, 0.29) is 0 Å². The molecule has 1 N–H and O–H groups in total. The van der Waals surface area contributed by atoms with E-state index in [1.165, 1.54) is 32.2 Å². The summed E-state index contributed by atoms with van der Waals surface area (Å²) < 4.78 is 5.87. The molecule has 2 aliphatic heterocycles. The van der Waals surface area contributed by atoms with E-state index in [9.17, 15) is 0 Å². The summed E-state index contributed by atoms with van der Waals surface area (Å²) in [6.07, 6.45) is 5.67. The van der Waals surface area contributed by atoms with Crippen LogP contribution in [0, 0.1) is 5.92 Å². The molecule has 2 rings (SSSR count). The molecule has 3 nitrogen and oxygen atoms in total. The first-order valence-electron chi connectivity index (χ1n) is 7.32. The first-order valence-corrected chi connectivity index (χ1v) is 7.32. The quantitative estimate of drug-likeness (QED) is 0.812. The first kappa shape index (κ1) is 13.3. The van der Waals surface area contributed by atoms with Gasteiger partial charge in [0.1, 0.15) is 0 Å². The molecule has 2 atom stereocenters. The van der Waals surface area contributed by atoms with E-state index in [0.29, 0.717) is 12.1 Å². The second-order valence-corrected chi connectivity index (χ2v) is 5.97. The Balaban J connectivity index is 1.82. The van der Waals surface area contributed by atoms with Gasteiger partial charge in [0, 0.05) is 38.8 Å². The summed E-state index contributed by atoms with van der Waals surface area (Å²) in [5, 5.41) is 3.52. The Morgan fingerprint density at radius 1 is 1.35 bits per heavy atom. The third kappa shape index (κ3) is 4.23. The van der Waals surface area contributed by atoms with E-state index < -0.39 is 0 Å². The van der Waals surface area contributed by atoms with Crippen LogP contribution in [0.4, 0.5) is 0 Å². The maximum atomic E-state index is 5.87. The molecular weight excluding hydrogens is 212 g/mol. The molecule has 2 saturated heterocycles. The highest BCUT2D eigenvalue weighted by atomic mass is 16.5. The van der Waals surface area contributed by atoms with Gasteiger partial charge in [-0.25, -0.2) is 0 Å². The molecule has 3 heteroatoms. The number of nitrogens with zero attached hydrogens (tertiary/aromatic N) is 1. The molecule has 0 saturated carbocycles. The maximum absolute atomic E-state index is 5.87. The van der Waals surface area contributed by atoms with Crippen LogP contribution in [0.3, 0.4) is 0 Å². The second-order valence-electron chi connectivity index (χ2n) is 5.97. The van der Waals surface area contributed by atoms with E-state index in [1.54, 1.807) is 0 Å². The molecule has 2 fully saturated rings. The van der Waals surface area contributed by atoms with Crippen LogP contribution in [0.5, 0.6) is 0 Å². The molecule has 0 spiro atoms. The van der Waals surface area contributed by atoms with Crippen molar-refractivity contribution in [2.45, 2.75) is 51.7 Å². The molecule has 0 bridgehead atoms. The molecule has 2 aliphatic rings. The molecule has 0 radical (unpaired) electrons. The Morgan fingerprint density at radius 3 is 2.94 bits per heavy atom.